The quantitative estimate of drug-likeness (QED) is 0.498. The first-order valence-electron chi connectivity index (χ1n) is 7.92. The van der Waals surface area contributed by atoms with Crippen molar-refractivity contribution in [3.8, 4) is 0 Å². The number of para-hydroxylation sites is 2. The van der Waals surface area contributed by atoms with E-state index in [2.05, 4.69) is 0 Å². The van der Waals surface area contributed by atoms with Gasteiger partial charge in [0, 0.05) is 11.3 Å². The van der Waals surface area contributed by atoms with Crippen molar-refractivity contribution in [2.24, 2.45) is 0 Å². The summed E-state index contributed by atoms with van der Waals surface area (Å²) in [5.41, 5.74) is 2.14. The van der Waals surface area contributed by atoms with Crippen LogP contribution >= 0.6 is 11.6 Å². The van der Waals surface area contributed by atoms with Crippen LogP contribution in [0.4, 0.5) is 11.4 Å². The van der Waals surface area contributed by atoms with Gasteiger partial charge in [-0.05, 0) is 29.8 Å². The first-order chi connectivity index (χ1) is 12.1. The van der Waals surface area contributed by atoms with Gasteiger partial charge in [-0.3, -0.25) is 14.5 Å². The molecule has 0 bridgehead atoms. The van der Waals surface area contributed by atoms with Crippen molar-refractivity contribution in [2.75, 3.05) is 4.90 Å². The van der Waals surface area contributed by atoms with Gasteiger partial charge in [-0.15, -0.1) is 0 Å². The summed E-state index contributed by atoms with van der Waals surface area (Å²) >= 11 is 6.73. The van der Waals surface area contributed by atoms with E-state index in [1.54, 1.807) is 48.5 Å². The average Bonchev–Trinajstić information content (AvgIpc) is 2.68. The van der Waals surface area contributed by atoms with E-state index >= 15 is 0 Å². The molecule has 4 rings (SSSR count). The van der Waals surface area contributed by atoms with Crippen molar-refractivity contribution in [1.82, 2.24) is 0 Å². The maximum Gasteiger partial charge on any atom is 0.265 e. The van der Waals surface area contributed by atoms with Crippen LogP contribution < -0.4 is 4.90 Å². The normalized spacial score (nSPS) is 19.6. The van der Waals surface area contributed by atoms with Crippen LogP contribution in [0.1, 0.15) is 15.9 Å². The molecular formula is C21H14ClNO2. The third-order valence-electron chi connectivity index (χ3n) is 4.39. The molecule has 0 saturated carbocycles. The molecule has 1 amide bonds. The van der Waals surface area contributed by atoms with E-state index in [9.17, 15) is 9.59 Å². The van der Waals surface area contributed by atoms with E-state index in [-0.39, 0.29) is 0 Å². The number of nitrogens with zero attached hydrogens (tertiary/aromatic N) is 1. The smallest absolute Gasteiger partial charge is 0.265 e. The minimum absolute atomic E-state index is 0.395. The molecule has 3 aromatic rings. The topological polar surface area (TPSA) is 37.4 Å². The molecular weight excluding hydrogens is 334 g/mol. The molecule has 0 aliphatic carbocycles. The monoisotopic (exact) mass is 347 g/mol. The molecule has 1 atom stereocenters. The SMILES string of the molecule is O=C1c2ccccc2N(c2ccccc2)C(=O)[C@]1(Cl)c1ccccc1. The third kappa shape index (κ3) is 2.28. The van der Waals surface area contributed by atoms with Gasteiger partial charge in [0.2, 0.25) is 4.87 Å². The number of ketones is 1. The molecule has 25 heavy (non-hydrogen) atoms. The van der Waals surface area contributed by atoms with Crippen molar-refractivity contribution < 1.29 is 9.59 Å². The van der Waals surface area contributed by atoms with Gasteiger partial charge < -0.3 is 0 Å². The number of alkyl halides is 1. The van der Waals surface area contributed by atoms with Gasteiger partial charge in [0.15, 0.2) is 5.78 Å². The number of carbonyl (C=O) groups is 2. The standard InChI is InChI=1S/C21H14ClNO2/c22-21(15-9-3-1-4-10-15)19(24)17-13-7-8-14-18(17)23(20(21)25)16-11-5-2-6-12-16/h1-14H/t21-/m0/s1. The molecule has 0 fully saturated rings. The Balaban J connectivity index is 1.99. The molecule has 0 unspecified atom stereocenters. The lowest BCUT2D eigenvalue weighted by Gasteiger charge is -2.38. The van der Waals surface area contributed by atoms with Crippen LogP contribution in [0.15, 0.2) is 84.9 Å². The van der Waals surface area contributed by atoms with Gasteiger partial charge in [-0.25, -0.2) is 0 Å². The molecule has 0 saturated heterocycles. The first-order valence-corrected chi connectivity index (χ1v) is 8.29. The highest BCUT2D eigenvalue weighted by molar-refractivity contribution is 6.52. The van der Waals surface area contributed by atoms with Crippen LogP contribution in [-0.2, 0) is 9.67 Å². The van der Waals surface area contributed by atoms with Crippen molar-refractivity contribution in [1.29, 1.82) is 0 Å². The fourth-order valence-corrected chi connectivity index (χ4v) is 3.47. The second-order valence-corrected chi connectivity index (χ2v) is 6.41. The number of hydrogen-bond acceptors (Lipinski definition) is 2. The maximum atomic E-state index is 13.4. The first kappa shape index (κ1) is 15.6. The molecule has 4 heteroatoms. The van der Waals surface area contributed by atoms with E-state index < -0.39 is 16.6 Å². The molecule has 0 spiro atoms. The molecule has 0 N–H and O–H groups in total. The van der Waals surface area contributed by atoms with Gasteiger partial charge in [-0.1, -0.05) is 72.3 Å². The number of hydrogen-bond donors (Lipinski definition) is 0. The Morgan fingerprint density at radius 2 is 1.28 bits per heavy atom. The number of rotatable bonds is 2. The fraction of sp³-hybridized carbons (Fsp3) is 0.0476. The molecule has 122 valence electrons. The minimum atomic E-state index is -1.77. The lowest BCUT2D eigenvalue weighted by atomic mass is 9.84. The number of amides is 1. The van der Waals surface area contributed by atoms with Gasteiger partial charge in [0.25, 0.3) is 5.91 Å². The van der Waals surface area contributed by atoms with Crippen molar-refractivity contribution in [3.05, 3.63) is 96.1 Å². The summed E-state index contributed by atoms with van der Waals surface area (Å²) in [6.07, 6.45) is 0. The summed E-state index contributed by atoms with van der Waals surface area (Å²) in [6.45, 7) is 0. The van der Waals surface area contributed by atoms with Crippen LogP contribution in [-0.4, -0.2) is 11.7 Å². The van der Waals surface area contributed by atoms with Gasteiger partial charge in [0.1, 0.15) is 0 Å². The van der Waals surface area contributed by atoms with Crippen LogP contribution in [0.5, 0.6) is 0 Å². The Kier molecular flexibility index (Phi) is 3.66. The van der Waals surface area contributed by atoms with E-state index in [1.807, 2.05) is 36.4 Å². The predicted octanol–water partition coefficient (Wildman–Crippen LogP) is 4.68. The Labute approximate surface area is 150 Å². The lowest BCUT2D eigenvalue weighted by molar-refractivity contribution is -0.119. The van der Waals surface area contributed by atoms with Crippen LogP contribution in [0.25, 0.3) is 0 Å². The van der Waals surface area contributed by atoms with Gasteiger partial charge in [-0.2, -0.15) is 0 Å². The highest BCUT2D eigenvalue weighted by Gasteiger charge is 2.53. The molecule has 3 nitrogen and oxygen atoms in total. The van der Waals surface area contributed by atoms with Gasteiger partial charge in [0.05, 0.1) is 5.69 Å². The summed E-state index contributed by atoms with van der Waals surface area (Å²) in [7, 11) is 0. The zero-order valence-electron chi connectivity index (χ0n) is 13.2. The maximum absolute atomic E-state index is 13.4. The second kappa shape index (κ2) is 5.87. The Bertz CT molecular complexity index is 956. The third-order valence-corrected chi connectivity index (χ3v) is 4.94. The predicted molar refractivity (Wildman–Crippen MR) is 98.3 cm³/mol. The molecule has 0 aromatic heterocycles. The van der Waals surface area contributed by atoms with Gasteiger partial charge >= 0.3 is 0 Å². The minimum Gasteiger partial charge on any atom is -0.291 e. The number of anilines is 2. The van der Waals surface area contributed by atoms with E-state index in [4.69, 9.17) is 11.6 Å². The molecule has 1 aliphatic rings. The summed E-state index contributed by atoms with van der Waals surface area (Å²) in [5.74, 6) is -0.858. The largest absolute Gasteiger partial charge is 0.291 e. The summed E-state index contributed by atoms with van der Waals surface area (Å²) in [6, 6.07) is 25.1. The highest BCUT2D eigenvalue weighted by Crippen LogP contribution is 2.45. The Morgan fingerprint density at radius 3 is 1.96 bits per heavy atom. The number of Topliss-reactive ketones (excluding diaryl/α,β-unsaturated/α-hetero) is 1. The van der Waals surface area contributed by atoms with Crippen LogP contribution in [0.2, 0.25) is 0 Å². The highest BCUT2D eigenvalue weighted by atomic mass is 35.5. The van der Waals surface area contributed by atoms with E-state index in [0.29, 0.717) is 22.5 Å². The lowest BCUT2D eigenvalue weighted by Crippen LogP contribution is -2.51. The summed E-state index contributed by atoms with van der Waals surface area (Å²) in [4.78, 5) is 26.3. The average molecular weight is 348 g/mol. The summed E-state index contributed by atoms with van der Waals surface area (Å²) < 4.78 is 0. The Morgan fingerprint density at radius 1 is 0.720 bits per heavy atom. The zero-order valence-corrected chi connectivity index (χ0v) is 14.0. The second-order valence-electron chi connectivity index (χ2n) is 5.85. The molecule has 3 aromatic carbocycles. The van der Waals surface area contributed by atoms with Crippen LogP contribution in [0.3, 0.4) is 0 Å². The molecule has 0 radical (unpaired) electrons. The number of fused-ring (bicyclic) bond motifs is 1. The van der Waals surface area contributed by atoms with E-state index in [1.165, 1.54) is 4.90 Å². The number of benzene rings is 3. The Hall–Kier alpha value is -2.91. The van der Waals surface area contributed by atoms with Crippen molar-refractivity contribution >= 4 is 34.7 Å². The summed E-state index contributed by atoms with van der Waals surface area (Å²) in [5, 5.41) is 0. The molecule has 1 aliphatic heterocycles. The number of carbonyl (C=O) groups excluding carboxylic acids is 2. The molecule has 1 heterocycles. The fourth-order valence-electron chi connectivity index (χ4n) is 3.16. The van der Waals surface area contributed by atoms with Crippen LogP contribution in [0, 0.1) is 0 Å². The van der Waals surface area contributed by atoms with Crippen molar-refractivity contribution in [2.45, 2.75) is 4.87 Å². The van der Waals surface area contributed by atoms with E-state index in [0.717, 1.165) is 0 Å². The number of halogens is 1. The zero-order chi connectivity index (χ0) is 17.4. The van der Waals surface area contributed by atoms with Crippen molar-refractivity contribution in [3.63, 3.8) is 0 Å².